The van der Waals surface area contributed by atoms with E-state index >= 15 is 0 Å². The highest BCUT2D eigenvalue weighted by Crippen LogP contribution is 2.24. The molecule has 1 amide bonds. The van der Waals surface area contributed by atoms with Gasteiger partial charge in [-0.2, -0.15) is 0 Å². The molecule has 2 aromatic carbocycles. The Labute approximate surface area is 146 Å². The van der Waals surface area contributed by atoms with Gasteiger partial charge in [0.2, 0.25) is 15.9 Å². The van der Waals surface area contributed by atoms with Gasteiger partial charge in [-0.3, -0.25) is 4.79 Å². The highest BCUT2D eigenvalue weighted by molar-refractivity contribution is 7.99. The van der Waals surface area contributed by atoms with Crippen molar-refractivity contribution in [2.24, 2.45) is 5.14 Å². The van der Waals surface area contributed by atoms with Crippen LogP contribution >= 0.6 is 11.8 Å². The van der Waals surface area contributed by atoms with E-state index in [0.717, 1.165) is 16.0 Å². The van der Waals surface area contributed by atoms with Gasteiger partial charge in [0.05, 0.1) is 4.90 Å². The molecule has 0 atom stereocenters. The molecule has 3 N–H and O–H groups in total. The van der Waals surface area contributed by atoms with Crippen molar-refractivity contribution in [3.05, 3.63) is 53.6 Å². The van der Waals surface area contributed by atoms with Crippen LogP contribution in [0.25, 0.3) is 0 Å². The van der Waals surface area contributed by atoms with Gasteiger partial charge in [-0.25, -0.2) is 13.6 Å². The number of rotatable bonds is 6. The van der Waals surface area contributed by atoms with Crippen molar-refractivity contribution >= 4 is 33.4 Å². The number of nitrogens with one attached hydrogen (secondary N) is 1. The van der Waals surface area contributed by atoms with E-state index in [0.29, 0.717) is 17.9 Å². The number of benzene rings is 2. The third-order valence-corrected chi connectivity index (χ3v) is 5.49. The molecule has 2 rings (SSSR count). The first-order chi connectivity index (χ1) is 11.3. The van der Waals surface area contributed by atoms with Gasteiger partial charge >= 0.3 is 0 Å². The predicted octanol–water partition coefficient (Wildman–Crippen LogP) is 3.07. The van der Waals surface area contributed by atoms with Crippen molar-refractivity contribution in [2.45, 2.75) is 30.1 Å². The number of amides is 1. The largest absolute Gasteiger partial charge is 0.326 e. The molecule has 0 unspecified atom stereocenters. The number of aryl methyl sites for hydroxylation is 1. The molecule has 0 bridgehead atoms. The minimum atomic E-state index is -3.81. The molecule has 128 valence electrons. The number of nitrogens with two attached hydrogens (primary N) is 1. The van der Waals surface area contributed by atoms with Crippen molar-refractivity contribution in [2.75, 3.05) is 11.1 Å². The van der Waals surface area contributed by atoms with Crippen LogP contribution in [0.15, 0.2) is 52.3 Å². The third-order valence-electron chi connectivity index (χ3n) is 3.58. The number of carbonyl (C=O) groups is 1. The van der Waals surface area contributed by atoms with Gasteiger partial charge in [-0.05, 0) is 49.2 Å². The minimum Gasteiger partial charge on any atom is -0.326 e. The van der Waals surface area contributed by atoms with Gasteiger partial charge in [-0.15, -0.1) is 11.8 Å². The van der Waals surface area contributed by atoms with E-state index in [1.807, 2.05) is 37.3 Å². The van der Waals surface area contributed by atoms with Crippen molar-refractivity contribution < 1.29 is 13.2 Å². The molecule has 0 saturated carbocycles. The van der Waals surface area contributed by atoms with E-state index in [2.05, 4.69) is 5.32 Å². The topological polar surface area (TPSA) is 89.3 Å². The van der Waals surface area contributed by atoms with E-state index < -0.39 is 10.0 Å². The van der Waals surface area contributed by atoms with E-state index in [4.69, 9.17) is 5.14 Å². The first kappa shape index (κ1) is 18.5. The monoisotopic (exact) mass is 364 g/mol. The Balaban J connectivity index is 2.02. The highest BCUT2D eigenvalue weighted by atomic mass is 32.2. The average Bonchev–Trinajstić information content (AvgIpc) is 2.51. The fourth-order valence-electron chi connectivity index (χ4n) is 2.11. The zero-order valence-corrected chi connectivity index (χ0v) is 15.2. The normalized spacial score (nSPS) is 11.3. The van der Waals surface area contributed by atoms with Gasteiger partial charge in [0.15, 0.2) is 0 Å². The number of hydrogen-bond acceptors (Lipinski definition) is 4. The minimum absolute atomic E-state index is 0.000407. The van der Waals surface area contributed by atoms with Crippen LogP contribution < -0.4 is 10.5 Å². The summed E-state index contributed by atoms with van der Waals surface area (Å²) in [6, 6.07) is 12.7. The lowest BCUT2D eigenvalue weighted by atomic mass is 10.1. The summed E-state index contributed by atoms with van der Waals surface area (Å²) < 4.78 is 23.1. The third kappa shape index (κ3) is 5.09. The smallest absolute Gasteiger partial charge is 0.238 e. The Morgan fingerprint density at radius 1 is 1.17 bits per heavy atom. The molecule has 0 heterocycles. The number of primary sulfonamides is 1. The van der Waals surface area contributed by atoms with Gasteiger partial charge in [0.25, 0.3) is 0 Å². The fourth-order valence-corrected chi connectivity index (χ4v) is 3.61. The molecule has 0 fully saturated rings. The van der Waals surface area contributed by atoms with Crippen molar-refractivity contribution in [1.82, 2.24) is 0 Å². The maximum atomic E-state index is 12.1. The summed E-state index contributed by atoms with van der Waals surface area (Å²) >= 11 is 1.60. The zero-order chi connectivity index (χ0) is 17.7. The zero-order valence-electron chi connectivity index (χ0n) is 13.6. The van der Waals surface area contributed by atoms with Crippen LogP contribution in [0.5, 0.6) is 0 Å². The summed E-state index contributed by atoms with van der Waals surface area (Å²) in [5.74, 6) is 0.482. The summed E-state index contributed by atoms with van der Waals surface area (Å²) in [5.41, 5.74) is 2.07. The lowest BCUT2D eigenvalue weighted by Gasteiger charge is -2.12. The number of sulfonamides is 1. The molecule has 0 aliphatic heterocycles. The number of carbonyl (C=O) groups excluding carboxylic acids is 1. The molecule has 0 aromatic heterocycles. The maximum absolute atomic E-state index is 12.1. The van der Waals surface area contributed by atoms with Crippen LogP contribution in [0.3, 0.4) is 0 Å². The molecule has 7 heteroatoms. The molecule has 24 heavy (non-hydrogen) atoms. The second kappa shape index (κ2) is 7.83. The van der Waals surface area contributed by atoms with E-state index in [9.17, 15) is 13.2 Å². The SMILES string of the molecule is Cc1cc(S(N)(=O)=O)cc(NC(=O)CCSc2ccccc2)c1C. The lowest BCUT2D eigenvalue weighted by molar-refractivity contribution is -0.115. The summed E-state index contributed by atoms with van der Waals surface area (Å²) in [6.45, 7) is 3.61. The number of anilines is 1. The van der Waals surface area contributed by atoms with E-state index in [-0.39, 0.29) is 10.8 Å². The number of hydrogen-bond donors (Lipinski definition) is 2. The van der Waals surface area contributed by atoms with Gasteiger partial charge in [0, 0.05) is 22.8 Å². The summed E-state index contributed by atoms with van der Waals surface area (Å²) in [4.78, 5) is 13.2. The molecule has 0 aliphatic carbocycles. The summed E-state index contributed by atoms with van der Waals surface area (Å²) in [6.07, 6.45) is 0.331. The molecule has 0 radical (unpaired) electrons. The fraction of sp³-hybridized carbons (Fsp3) is 0.235. The summed E-state index contributed by atoms with van der Waals surface area (Å²) in [7, 11) is -3.81. The molecule has 0 spiro atoms. The van der Waals surface area contributed by atoms with Gasteiger partial charge < -0.3 is 5.32 Å². The van der Waals surface area contributed by atoms with Crippen molar-refractivity contribution in [3.8, 4) is 0 Å². The molecule has 0 aliphatic rings. The quantitative estimate of drug-likeness (QED) is 0.771. The van der Waals surface area contributed by atoms with Crippen molar-refractivity contribution in [1.29, 1.82) is 0 Å². The second-order valence-corrected chi connectivity index (χ2v) is 8.15. The van der Waals surface area contributed by atoms with Crippen molar-refractivity contribution in [3.63, 3.8) is 0 Å². The van der Waals surface area contributed by atoms with E-state index in [1.165, 1.54) is 12.1 Å². The Morgan fingerprint density at radius 2 is 1.83 bits per heavy atom. The number of thioether (sulfide) groups is 1. The lowest BCUT2D eigenvalue weighted by Crippen LogP contribution is -2.16. The van der Waals surface area contributed by atoms with Crippen LogP contribution in [-0.4, -0.2) is 20.1 Å². The average molecular weight is 364 g/mol. The van der Waals surface area contributed by atoms with Gasteiger partial charge in [0.1, 0.15) is 0 Å². The van der Waals surface area contributed by atoms with Crippen LogP contribution in [0, 0.1) is 13.8 Å². The molecular formula is C17H20N2O3S2. The van der Waals surface area contributed by atoms with Gasteiger partial charge in [-0.1, -0.05) is 18.2 Å². The maximum Gasteiger partial charge on any atom is 0.238 e. The Kier molecular flexibility index (Phi) is 6.04. The second-order valence-electron chi connectivity index (χ2n) is 5.42. The highest BCUT2D eigenvalue weighted by Gasteiger charge is 2.14. The van der Waals surface area contributed by atoms with Crippen LogP contribution in [0.2, 0.25) is 0 Å². The van der Waals surface area contributed by atoms with Crippen LogP contribution in [-0.2, 0) is 14.8 Å². The molecular weight excluding hydrogens is 344 g/mol. The first-order valence-corrected chi connectivity index (χ1v) is 9.92. The summed E-state index contributed by atoms with van der Waals surface area (Å²) in [5, 5.41) is 7.95. The van der Waals surface area contributed by atoms with E-state index in [1.54, 1.807) is 18.7 Å². The Hall–Kier alpha value is -1.83. The predicted molar refractivity (Wildman–Crippen MR) is 97.7 cm³/mol. The molecule has 0 saturated heterocycles. The Bertz CT molecular complexity index is 834. The standard InChI is InChI=1S/C17H20N2O3S2/c1-12-10-15(24(18,21)22)11-16(13(12)2)19-17(20)8-9-23-14-6-4-3-5-7-14/h3-7,10-11H,8-9H2,1-2H3,(H,19,20)(H2,18,21,22). The molecule has 2 aromatic rings. The first-order valence-electron chi connectivity index (χ1n) is 7.39. The van der Waals surface area contributed by atoms with Crippen LogP contribution in [0.4, 0.5) is 5.69 Å². The Morgan fingerprint density at radius 3 is 2.46 bits per heavy atom. The van der Waals surface area contributed by atoms with Crippen LogP contribution in [0.1, 0.15) is 17.5 Å². The molecule has 5 nitrogen and oxygen atoms in total.